The highest BCUT2D eigenvalue weighted by Crippen LogP contribution is 2.19. The Bertz CT molecular complexity index is 797. The molecule has 0 aliphatic carbocycles. The van der Waals surface area contributed by atoms with Gasteiger partial charge < -0.3 is 20.7 Å². The Morgan fingerprint density at radius 2 is 1.76 bits per heavy atom. The second-order valence-electron chi connectivity index (χ2n) is 7.18. The zero-order valence-electron chi connectivity index (χ0n) is 17.0. The van der Waals surface area contributed by atoms with E-state index in [1.165, 1.54) is 16.7 Å². The number of carbonyl (C=O) groups is 1. The first-order valence-electron chi connectivity index (χ1n) is 10.3. The van der Waals surface area contributed by atoms with E-state index in [0.29, 0.717) is 32.2 Å². The number of nitrogens with one attached hydrogen (secondary N) is 1. The van der Waals surface area contributed by atoms with Gasteiger partial charge in [-0.2, -0.15) is 0 Å². The molecule has 3 rings (SSSR count). The molecule has 3 N–H and O–H groups in total. The lowest BCUT2D eigenvalue weighted by Crippen LogP contribution is -2.48. The molecule has 0 bridgehead atoms. The van der Waals surface area contributed by atoms with Gasteiger partial charge in [-0.25, -0.2) is 4.79 Å². The molecule has 1 aliphatic heterocycles. The summed E-state index contributed by atoms with van der Waals surface area (Å²) in [5.74, 6) is 0.473. The Morgan fingerprint density at radius 1 is 1.10 bits per heavy atom. The first-order valence-corrected chi connectivity index (χ1v) is 10.3. The lowest BCUT2D eigenvalue weighted by molar-refractivity contribution is 0.0963. The molecule has 2 aromatic carbocycles. The van der Waals surface area contributed by atoms with Crippen LogP contribution in [-0.2, 0) is 11.2 Å². The second-order valence-corrected chi connectivity index (χ2v) is 7.18. The fourth-order valence-corrected chi connectivity index (χ4v) is 3.48. The van der Waals surface area contributed by atoms with E-state index in [9.17, 15) is 4.79 Å². The van der Waals surface area contributed by atoms with Gasteiger partial charge in [0.1, 0.15) is 0 Å². The lowest BCUT2D eigenvalue weighted by Gasteiger charge is -2.31. The monoisotopic (exact) mass is 394 g/mol. The van der Waals surface area contributed by atoms with E-state index in [1.807, 2.05) is 13.0 Å². The molecule has 1 amide bonds. The Hall–Kier alpha value is -3.02. The second kappa shape index (κ2) is 10.5. The van der Waals surface area contributed by atoms with Crippen LogP contribution in [-0.4, -0.2) is 49.2 Å². The van der Waals surface area contributed by atoms with Gasteiger partial charge in [0.2, 0.25) is 0 Å². The maximum Gasteiger partial charge on any atom is 0.409 e. The van der Waals surface area contributed by atoms with E-state index >= 15 is 0 Å². The number of carbonyl (C=O) groups excluding carboxylic acids is 1. The summed E-state index contributed by atoms with van der Waals surface area (Å²) in [4.78, 5) is 17.9. The molecule has 0 atom stereocenters. The molecule has 1 aliphatic rings. The van der Waals surface area contributed by atoms with Crippen LogP contribution < -0.4 is 11.1 Å². The SMILES string of the molecule is CCOC(=O)N1CCC(NC(N)=NCCc2ccc(-c3ccccc3)cc2)CC1. The topological polar surface area (TPSA) is 80.0 Å². The Labute approximate surface area is 172 Å². The summed E-state index contributed by atoms with van der Waals surface area (Å²) in [7, 11) is 0. The standard InChI is InChI=1S/C23H30N4O2/c1-2-29-23(28)27-16-13-21(14-17-27)26-22(24)25-15-12-18-8-10-20(11-9-18)19-6-4-3-5-7-19/h3-11,21H,2,12-17H2,1H3,(H3,24,25,26). The van der Waals surface area contributed by atoms with Crippen LogP contribution in [0.15, 0.2) is 59.6 Å². The summed E-state index contributed by atoms with van der Waals surface area (Å²) in [6, 6.07) is 19.2. The number of aliphatic imine (C=N–C) groups is 1. The summed E-state index contributed by atoms with van der Waals surface area (Å²) in [5.41, 5.74) is 9.72. The number of ether oxygens (including phenoxy) is 1. The summed E-state index contributed by atoms with van der Waals surface area (Å²) < 4.78 is 5.04. The maximum atomic E-state index is 11.7. The molecule has 0 unspecified atom stereocenters. The minimum Gasteiger partial charge on any atom is -0.450 e. The number of hydrogen-bond donors (Lipinski definition) is 2. The number of likely N-dealkylation sites (tertiary alicyclic amines) is 1. The van der Waals surface area contributed by atoms with Gasteiger partial charge in [0.15, 0.2) is 5.96 Å². The summed E-state index contributed by atoms with van der Waals surface area (Å²) >= 11 is 0. The number of piperidine rings is 1. The Morgan fingerprint density at radius 3 is 2.41 bits per heavy atom. The fourth-order valence-electron chi connectivity index (χ4n) is 3.48. The van der Waals surface area contributed by atoms with Crippen LogP contribution in [0.5, 0.6) is 0 Å². The predicted molar refractivity (Wildman–Crippen MR) is 117 cm³/mol. The van der Waals surface area contributed by atoms with Crippen LogP contribution in [0.4, 0.5) is 4.79 Å². The van der Waals surface area contributed by atoms with Crippen molar-refractivity contribution in [3.05, 3.63) is 60.2 Å². The third-order valence-electron chi connectivity index (χ3n) is 5.12. The highest BCUT2D eigenvalue weighted by Gasteiger charge is 2.23. The number of nitrogens with zero attached hydrogens (tertiary/aromatic N) is 2. The summed E-state index contributed by atoms with van der Waals surface area (Å²) in [6.45, 7) is 4.23. The van der Waals surface area contributed by atoms with Gasteiger partial charge in [-0.15, -0.1) is 0 Å². The predicted octanol–water partition coefficient (Wildman–Crippen LogP) is 3.42. The average Bonchev–Trinajstić information content (AvgIpc) is 2.75. The van der Waals surface area contributed by atoms with Gasteiger partial charge in [-0.1, -0.05) is 54.6 Å². The number of amides is 1. The lowest BCUT2D eigenvalue weighted by atomic mass is 10.0. The summed E-state index contributed by atoms with van der Waals surface area (Å²) in [5, 5.41) is 3.28. The maximum absolute atomic E-state index is 11.7. The number of benzene rings is 2. The quantitative estimate of drug-likeness (QED) is 0.581. The van der Waals surface area contributed by atoms with Crippen molar-refractivity contribution in [1.29, 1.82) is 0 Å². The van der Waals surface area contributed by atoms with Crippen LogP contribution in [0.1, 0.15) is 25.3 Å². The van der Waals surface area contributed by atoms with Crippen molar-refractivity contribution in [2.45, 2.75) is 32.2 Å². The van der Waals surface area contributed by atoms with E-state index in [1.54, 1.807) is 4.90 Å². The molecule has 0 spiro atoms. The van der Waals surface area contributed by atoms with E-state index in [-0.39, 0.29) is 12.1 Å². The molecule has 0 saturated carbocycles. The zero-order chi connectivity index (χ0) is 20.5. The van der Waals surface area contributed by atoms with Crippen molar-refractivity contribution in [2.75, 3.05) is 26.2 Å². The smallest absolute Gasteiger partial charge is 0.409 e. The molecule has 1 heterocycles. The first kappa shape index (κ1) is 20.7. The average molecular weight is 395 g/mol. The number of rotatable bonds is 6. The van der Waals surface area contributed by atoms with E-state index in [0.717, 1.165) is 19.3 Å². The van der Waals surface area contributed by atoms with Gasteiger partial charge in [-0.05, 0) is 42.9 Å². The van der Waals surface area contributed by atoms with Gasteiger partial charge in [0.25, 0.3) is 0 Å². The van der Waals surface area contributed by atoms with E-state index < -0.39 is 0 Å². The van der Waals surface area contributed by atoms with Gasteiger partial charge in [0.05, 0.1) is 6.61 Å². The molecule has 1 fully saturated rings. The molecule has 154 valence electrons. The fraction of sp³-hybridized carbons (Fsp3) is 0.391. The normalized spacial score (nSPS) is 15.2. The minimum atomic E-state index is -0.231. The Kier molecular flexibility index (Phi) is 7.50. The molecular formula is C23H30N4O2. The van der Waals surface area contributed by atoms with Crippen molar-refractivity contribution >= 4 is 12.1 Å². The van der Waals surface area contributed by atoms with Crippen molar-refractivity contribution < 1.29 is 9.53 Å². The molecule has 0 aromatic heterocycles. The van der Waals surface area contributed by atoms with Crippen LogP contribution in [0.25, 0.3) is 11.1 Å². The first-order chi connectivity index (χ1) is 14.2. The van der Waals surface area contributed by atoms with Crippen LogP contribution in [0.2, 0.25) is 0 Å². The number of hydrogen-bond acceptors (Lipinski definition) is 3. The largest absolute Gasteiger partial charge is 0.450 e. The molecule has 6 heteroatoms. The van der Waals surface area contributed by atoms with Gasteiger partial charge in [0, 0.05) is 25.7 Å². The van der Waals surface area contributed by atoms with Crippen LogP contribution in [0, 0.1) is 0 Å². The van der Waals surface area contributed by atoms with Crippen molar-refractivity contribution in [3.8, 4) is 11.1 Å². The zero-order valence-corrected chi connectivity index (χ0v) is 17.0. The molecule has 1 saturated heterocycles. The third-order valence-corrected chi connectivity index (χ3v) is 5.12. The molecule has 29 heavy (non-hydrogen) atoms. The van der Waals surface area contributed by atoms with Crippen LogP contribution >= 0.6 is 0 Å². The molecule has 6 nitrogen and oxygen atoms in total. The van der Waals surface area contributed by atoms with Crippen molar-refractivity contribution in [1.82, 2.24) is 10.2 Å². The third kappa shape index (κ3) is 6.24. The molecule has 2 aromatic rings. The molecule has 0 radical (unpaired) electrons. The number of guanidine groups is 1. The molecular weight excluding hydrogens is 364 g/mol. The van der Waals surface area contributed by atoms with Crippen molar-refractivity contribution in [3.63, 3.8) is 0 Å². The van der Waals surface area contributed by atoms with Crippen LogP contribution in [0.3, 0.4) is 0 Å². The van der Waals surface area contributed by atoms with E-state index in [4.69, 9.17) is 10.5 Å². The highest BCUT2D eigenvalue weighted by atomic mass is 16.6. The van der Waals surface area contributed by atoms with E-state index in [2.05, 4.69) is 58.8 Å². The highest BCUT2D eigenvalue weighted by molar-refractivity contribution is 5.78. The number of nitrogens with two attached hydrogens (primary N) is 1. The Balaban J connectivity index is 1.41. The van der Waals surface area contributed by atoms with Gasteiger partial charge in [-0.3, -0.25) is 4.99 Å². The minimum absolute atomic E-state index is 0.231. The summed E-state index contributed by atoms with van der Waals surface area (Å²) in [6.07, 6.45) is 2.30. The van der Waals surface area contributed by atoms with Gasteiger partial charge >= 0.3 is 6.09 Å². The van der Waals surface area contributed by atoms with Crippen molar-refractivity contribution in [2.24, 2.45) is 10.7 Å².